The van der Waals surface area contributed by atoms with Crippen LogP contribution < -0.4 is 4.90 Å². The van der Waals surface area contributed by atoms with E-state index >= 15 is 0 Å². The molecule has 152 valence electrons. The number of amides is 1. The maximum Gasteiger partial charge on any atom is 0.309 e. The Morgan fingerprint density at radius 1 is 1.07 bits per heavy atom. The smallest absolute Gasteiger partial charge is 0.309 e. The van der Waals surface area contributed by atoms with E-state index in [-0.39, 0.29) is 29.6 Å². The quantitative estimate of drug-likeness (QED) is 0.669. The summed E-state index contributed by atoms with van der Waals surface area (Å²) in [6.07, 6.45) is 1.54. The fraction of sp³-hybridized carbons (Fsp3) is 0.417. The minimum atomic E-state index is -0.145. The van der Waals surface area contributed by atoms with Gasteiger partial charge in [-0.1, -0.05) is 42.5 Å². The molecule has 1 saturated heterocycles. The third kappa shape index (κ3) is 4.51. The van der Waals surface area contributed by atoms with Crippen molar-refractivity contribution in [1.29, 1.82) is 0 Å². The van der Waals surface area contributed by atoms with E-state index in [1.165, 1.54) is 0 Å². The van der Waals surface area contributed by atoms with Gasteiger partial charge in [0.05, 0.1) is 25.0 Å². The zero-order chi connectivity index (χ0) is 20.2. The van der Waals surface area contributed by atoms with Crippen molar-refractivity contribution in [2.45, 2.75) is 19.8 Å². The lowest BCUT2D eigenvalue weighted by Gasteiger charge is -2.26. The Balaban J connectivity index is 1.52. The standard InChI is InChI=1S/C24H27NO4/c1-2-29-24(27)22-14-20(22)15-25(23(26)19-12-13-28-16-19)21-10-8-18(9-11-21)17-6-4-3-5-7-17/h3-11,19-20,22H,2,12-16H2,1H3. The molecule has 3 unspecified atom stereocenters. The molecule has 1 amide bonds. The monoisotopic (exact) mass is 393 g/mol. The van der Waals surface area contributed by atoms with Crippen molar-refractivity contribution >= 4 is 17.6 Å². The van der Waals surface area contributed by atoms with Gasteiger partial charge in [-0.2, -0.15) is 0 Å². The van der Waals surface area contributed by atoms with Crippen LogP contribution in [0.25, 0.3) is 11.1 Å². The van der Waals surface area contributed by atoms with Gasteiger partial charge in [0.1, 0.15) is 0 Å². The molecule has 5 heteroatoms. The van der Waals surface area contributed by atoms with Gasteiger partial charge in [0.15, 0.2) is 0 Å². The van der Waals surface area contributed by atoms with Gasteiger partial charge in [0.2, 0.25) is 5.91 Å². The highest BCUT2D eigenvalue weighted by Crippen LogP contribution is 2.41. The van der Waals surface area contributed by atoms with Crippen LogP contribution in [0.4, 0.5) is 5.69 Å². The van der Waals surface area contributed by atoms with Gasteiger partial charge >= 0.3 is 5.97 Å². The van der Waals surface area contributed by atoms with Crippen LogP contribution >= 0.6 is 0 Å². The summed E-state index contributed by atoms with van der Waals surface area (Å²) >= 11 is 0. The predicted octanol–water partition coefficient (Wildman–Crippen LogP) is 3.92. The van der Waals surface area contributed by atoms with E-state index in [0.717, 1.165) is 29.7 Å². The largest absolute Gasteiger partial charge is 0.466 e. The van der Waals surface area contributed by atoms with Crippen LogP contribution in [-0.2, 0) is 19.1 Å². The topological polar surface area (TPSA) is 55.8 Å². The zero-order valence-electron chi connectivity index (χ0n) is 16.8. The molecule has 3 atom stereocenters. The molecule has 29 heavy (non-hydrogen) atoms. The van der Waals surface area contributed by atoms with Gasteiger partial charge in [-0.15, -0.1) is 0 Å². The molecule has 0 spiro atoms. The number of carbonyl (C=O) groups excluding carboxylic acids is 2. The van der Waals surface area contributed by atoms with E-state index in [0.29, 0.717) is 26.4 Å². The van der Waals surface area contributed by atoms with Crippen molar-refractivity contribution in [3.63, 3.8) is 0 Å². The van der Waals surface area contributed by atoms with E-state index in [1.54, 1.807) is 0 Å². The Labute approximate surface area is 171 Å². The lowest BCUT2D eigenvalue weighted by molar-refractivity contribution is -0.145. The van der Waals surface area contributed by atoms with Crippen LogP contribution in [0.3, 0.4) is 0 Å². The predicted molar refractivity (Wildman–Crippen MR) is 111 cm³/mol. The summed E-state index contributed by atoms with van der Waals surface area (Å²) in [6.45, 7) is 3.86. The van der Waals surface area contributed by atoms with Gasteiger partial charge in [-0.3, -0.25) is 9.59 Å². The Kier molecular flexibility index (Phi) is 5.95. The molecule has 1 saturated carbocycles. The molecule has 4 rings (SSSR count). The van der Waals surface area contributed by atoms with Crippen molar-refractivity contribution in [3.05, 3.63) is 54.6 Å². The highest BCUT2D eigenvalue weighted by molar-refractivity contribution is 5.95. The number of nitrogens with zero attached hydrogens (tertiary/aromatic N) is 1. The summed E-state index contributed by atoms with van der Waals surface area (Å²) in [4.78, 5) is 27.1. The average Bonchev–Trinajstić information content (AvgIpc) is 3.32. The van der Waals surface area contributed by atoms with Gasteiger partial charge < -0.3 is 14.4 Å². The maximum absolute atomic E-state index is 13.2. The summed E-state index contributed by atoms with van der Waals surface area (Å²) in [5, 5.41) is 0. The Morgan fingerprint density at radius 2 is 1.79 bits per heavy atom. The van der Waals surface area contributed by atoms with Crippen molar-refractivity contribution in [1.82, 2.24) is 0 Å². The van der Waals surface area contributed by atoms with E-state index < -0.39 is 0 Å². The molecule has 0 N–H and O–H groups in total. The van der Waals surface area contributed by atoms with E-state index in [4.69, 9.17) is 9.47 Å². The number of ether oxygens (including phenoxy) is 2. The van der Waals surface area contributed by atoms with Gasteiger partial charge in [-0.05, 0) is 48.9 Å². The lowest BCUT2D eigenvalue weighted by atomic mass is 10.0. The first-order valence-corrected chi connectivity index (χ1v) is 10.4. The Hall–Kier alpha value is -2.66. The Morgan fingerprint density at radius 3 is 2.45 bits per heavy atom. The van der Waals surface area contributed by atoms with Crippen LogP contribution in [0.5, 0.6) is 0 Å². The second-order valence-corrected chi connectivity index (χ2v) is 7.78. The number of rotatable bonds is 7. The van der Waals surface area contributed by atoms with E-state index in [1.807, 2.05) is 54.3 Å². The summed E-state index contributed by atoms with van der Waals surface area (Å²) in [5.74, 6) is -0.0932. The molecule has 5 nitrogen and oxygen atoms in total. The molecular formula is C24H27NO4. The van der Waals surface area contributed by atoms with Crippen molar-refractivity contribution in [2.75, 3.05) is 31.3 Å². The average molecular weight is 393 g/mol. The first-order chi connectivity index (χ1) is 14.2. The second kappa shape index (κ2) is 8.78. The molecule has 1 heterocycles. The summed E-state index contributed by atoms with van der Waals surface area (Å²) in [7, 11) is 0. The molecule has 1 aliphatic carbocycles. The fourth-order valence-corrected chi connectivity index (χ4v) is 3.96. The van der Waals surface area contributed by atoms with Crippen molar-refractivity contribution in [2.24, 2.45) is 17.8 Å². The van der Waals surface area contributed by atoms with Gasteiger partial charge in [0, 0.05) is 18.8 Å². The van der Waals surface area contributed by atoms with Crippen LogP contribution in [0.15, 0.2) is 54.6 Å². The third-order valence-corrected chi connectivity index (χ3v) is 5.76. The fourth-order valence-electron chi connectivity index (χ4n) is 3.96. The van der Waals surface area contributed by atoms with Crippen LogP contribution in [-0.4, -0.2) is 38.2 Å². The van der Waals surface area contributed by atoms with Crippen LogP contribution in [0.1, 0.15) is 19.8 Å². The molecule has 2 aromatic carbocycles. The number of esters is 1. The zero-order valence-corrected chi connectivity index (χ0v) is 16.8. The van der Waals surface area contributed by atoms with Crippen molar-refractivity contribution < 1.29 is 19.1 Å². The minimum absolute atomic E-state index is 0.0875. The van der Waals surface area contributed by atoms with Gasteiger partial charge in [0.25, 0.3) is 0 Å². The second-order valence-electron chi connectivity index (χ2n) is 7.78. The molecule has 0 bridgehead atoms. The Bertz CT molecular complexity index is 843. The minimum Gasteiger partial charge on any atom is -0.466 e. The third-order valence-electron chi connectivity index (χ3n) is 5.76. The summed E-state index contributed by atoms with van der Waals surface area (Å²) < 4.78 is 10.6. The molecular weight excluding hydrogens is 366 g/mol. The summed E-state index contributed by atoms with van der Waals surface area (Å²) in [6, 6.07) is 18.3. The highest BCUT2D eigenvalue weighted by Gasteiger charge is 2.46. The van der Waals surface area contributed by atoms with Crippen molar-refractivity contribution in [3.8, 4) is 11.1 Å². The summed E-state index contributed by atoms with van der Waals surface area (Å²) in [5.41, 5.74) is 3.13. The normalized spacial score (nSPS) is 22.9. The molecule has 2 fully saturated rings. The number of anilines is 1. The molecule has 0 radical (unpaired) electrons. The van der Waals surface area contributed by atoms with E-state index in [2.05, 4.69) is 12.1 Å². The first kappa shape index (κ1) is 19.6. The molecule has 2 aliphatic rings. The highest BCUT2D eigenvalue weighted by atomic mass is 16.5. The van der Waals surface area contributed by atoms with E-state index in [9.17, 15) is 9.59 Å². The number of benzene rings is 2. The van der Waals surface area contributed by atoms with Crippen LogP contribution in [0, 0.1) is 17.8 Å². The number of hydrogen-bond acceptors (Lipinski definition) is 4. The lowest BCUT2D eigenvalue weighted by Crippen LogP contribution is -2.38. The maximum atomic E-state index is 13.2. The van der Waals surface area contributed by atoms with Crippen LogP contribution in [0.2, 0.25) is 0 Å². The SMILES string of the molecule is CCOC(=O)C1CC1CN(C(=O)C1CCOC1)c1ccc(-c2ccccc2)cc1. The molecule has 2 aromatic rings. The molecule has 1 aliphatic heterocycles. The van der Waals surface area contributed by atoms with Gasteiger partial charge in [-0.25, -0.2) is 0 Å². The number of hydrogen-bond donors (Lipinski definition) is 0. The molecule has 0 aromatic heterocycles. The number of carbonyl (C=O) groups is 2. The first-order valence-electron chi connectivity index (χ1n) is 10.4.